The normalized spacial score (nSPS) is 25.5. The molecule has 0 aliphatic carbocycles. The molecule has 1 N–H and O–H groups in total. The summed E-state index contributed by atoms with van der Waals surface area (Å²) in [7, 11) is 0. The molecule has 6 nitrogen and oxygen atoms in total. The highest BCUT2D eigenvalue weighted by Crippen LogP contribution is 2.58. The molecule has 1 saturated heterocycles. The summed E-state index contributed by atoms with van der Waals surface area (Å²) in [6, 6.07) is 17.4. The van der Waals surface area contributed by atoms with Crippen LogP contribution in [0.3, 0.4) is 0 Å². The van der Waals surface area contributed by atoms with Crippen LogP contribution >= 0.6 is 0 Å². The monoisotopic (exact) mass is 491 g/mol. The number of hydrogen-bond donors (Lipinski definition) is 1. The summed E-state index contributed by atoms with van der Waals surface area (Å²) in [5, 5.41) is 3.05. The summed E-state index contributed by atoms with van der Waals surface area (Å²) in [6.45, 7) is 7.64. The van der Waals surface area contributed by atoms with Crippen molar-refractivity contribution in [1.82, 2.24) is 4.98 Å². The molecule has 186 valence electrons. The van der Waals surface area contributed by atoms with E-state index in [1.807, 2.05) is 81.1 Å². The maximum atomic E-state index is 14.5. The van der Waals surface area contributed by atoms with Crippen molar-refractivity contribution in [2.45, 2.75) is 45.2 Å². The fourth-order valence-corrected chi connectivity index (χ4v) is 6.41. The van der Waals surface area contributed by atoms with Crippen LogP contribution in [0.1, 0.15) is 48.0 Å². The number of aromatic nitrogens is 1. The van der Waals surface area contributed by atoms with Gasteiger partial charge in [0.15, 0.2) is 11.6 Å². The molecule has 0 radical (unpaired) electrons. The molecule has 1 fully saturated rings. The molecule has 1 spiro atoms. The van der Waals surface area contributed by atoms with E-state index in [9.17, 15) is 14.4 Å². The number of nitrogens with zero attached hydrogens (tertiary/aromatic N) is 2. The van der Waals surface area contributed by atoms with Gasteiger partial charge in [0, 0.05) is 23.0 Å². The number of para-hydroxylation sites is 1. The maximum Gasteiger partial charge on any atom is 0.238 e. The number of anilines is 2. The van der Waals surface area contributed by atoms with Gasteiger partial charge in [-0.15, -0.1) is 0 Å². The van der Waals surface area contributed by atoms with Gasteiger partial charge < -0.3 is 10.2 Å². The molecule has 2 aromatic carbocycles. The minimum atomic E-state index is -1.30. The van der Waals surface area contributed by atoms with Gasteiger partial charge in [-0.1, -0.05) is 68.8 Å². The lowest BCUT2D eigenvalue weighted by Crippen LogP contribution is -2.51. The number of hydrogen-bond acceptors (Lipinski definition) is 5. The largest absolute Gasteiger partial charge is 0.352 e. The van der Waals surface area contributed by atoms with Crippen molar-refractivity contribution in [3.8, 4) is 0 Å². The quantitative estimate of drug-likeness (QED) is 0.523. The molecule has 4 heterocycles. The van der Waals surface area contributed by atoms with Crippen LogP contribution in [0.5, 0.6) is 0 Å². The van der Waals surface area contributed by atoms with Gasteiger partial charge in [-0.05, 0) is 48.4 Å². The van der Waals surface area contributed by atoms with Crippen molar-refractivity contribution in [3.05, 3.63) is 95.3 Å². The third-order valence-corrected chi connectivity index (χ3v) is 8.00. The van der Waals surface area contributed by atoms with Crippen LogP contribution < -0.4 is 10.2 Å². The second-order valence-electron chi connectivity index (χ2n) is 11.3. The van der Waals surface area contributed by atoms with Crippen LogP contribution in [0.15, 0.2) is 72.9 Å². The Bertz CT molecular complexity index is 1490. The number of aryl methyl sites for hydroxylation is 1. The lowest BCUT2D eigenvalue weighted by molar-refractivity contribution is -0.128. The van der Waals surface area contributed by atoms with Gasteiger partial charge in [-0.2, -0.15) is 0 Å². The van der Waals surface area contributed by atoms with E-state index >= 15 is 0 Å². The van der Waals surface area contributed by atoms with Crippen LogP contribution in [0.25, 0.3) is 6.08 Å². The molecular weight excluding hydrogens is 462 g/mol. The van der Waals surface area contributed by atoms with Crippen LogP contribution in [-0.4, -0.2) is 34.5 Å². The van der Waals surface area contributed by atoms with Crippen molar-refractivity contribution in [2.75, 3.05) is 10.2 Å². The zero-order chi connectivity index (χ0) is 26.1. The summed E-state index contributed by atoms with van der Waals surface area (Å²) in [5.41, 5.74) is 2.55. The first-order valence-corrected chi connectivity index (χ1v) is 12.6. The Morgan fingerprint density at radius 3 is 2.51 bits per heavy atom. The number of Topliss-reactive ketones (excluding diaryl/α,β-unsaturated/α-hetero) is 2. The first-order valence-electron chi connectivity index (χ1n) is 12.6. The number of benzene rings is 2. The van der Waals surface area contributed by atoms with Gasteiger partial charge in [0.1, 0.15) is 17.2 Å². The molecule has 1 amide bonds. The summed E-state index contributed by atoms with van der Waals surface area (Å²) in [5.74, 6) is -1.61. The van der Waals surface area contributed by atoms with Gasteiger partial charge in [-0.3, -0.25) is 19.4 Å². The van der Waals surface area contributed by atoms with Gasteiger partial charge in [-0.25, -0.2) is 0 Å². The van der Waals surface area contributed by atoms with E-state index in [0.29, 0.717) is 5.69 Å². The van der Waals surface area contributed by atoms with E-state index in [0.717, 1.165) is 22.4 Å². The van der Waals surface area contributed by atoms with E-state index in [2.05, 4.69) is 16.4 Å². The van der Waals surface area contributed by atoms with Crippen molar-refractivity contribution >= 4 is 34.9 Å². The molecule has 0 unspecified atom stereocenters. The number of ketones is 2. The summed E-state index contributed by atoms with van der Waals surface area (Å²) in [6.07, 6.45) is 5.59. The zero-order valence-electron chi connectivity index (χ0n) is 21.4. The average Bonchev–Trinajstić information content (AvgIpc) is 3.35. The molecule has 3 aliphatic rings. The third-order valence-electron chi connectivity index (χ3n) is 8.00. The second kappa shape index (κ2) is 7.97. The minimum Gasteiger partial charge on any atom is -0.352 e. The molecule has 0 saturated carbocycles. The molecule has 6 rings (SSSR count). The molecule has 4 atom stereocenters. The highest BCUT2D eigenvalue weighted by atomic mass is 16.2. The van der Waals surface area contributed by atoms with Gasteiger partial charge in [0.25, 0.3) is 0 Å². The Balaban J connectivity index is 1.69. The molecule has 6 heteroatoms. The number of carbonyl (C=O) groups excluding carboxylic acids is 3. The summed E-state index contributed by atoms with van der Waals surface area (Å²) >= 11 is 0. The average molecular weight is 492 g/mol. The highest BCUT2D eigenvalue weighted by Gasteiger charge is 2.70. The first kappa shape index (κ1) is 23.3. The van der Waals surface area contributed by atoms with Crippen molar-refractivity contribution in [2.24, 2.45) is 11.3 Å². The zero-order valence-corrected chi connectivity index (χ0v) is 21.4. The Morgan fingerprint density at radius 2 is 1.78 bits per heavy atom. The number of pyridine rings is 1. The van der Waals surface area contributed by atoms with Crippen LogP contribution in [0.2, 0.25) is 0 Å². The predicted molar refractivity (Wildman–Crippen MR) is 144 cm³/mol. The van der Waals surface area contributed by atoms with Crippen molar-refractivity contribution in [3.63, 3.8) is 0 Å². The number of fused-ring (bicyclic) bond motifs is 6. The SMILES string of the molecule is Cc1ccc2c(c1)C=C[C@@H]1N2[C@H](C(=O)C(C)(C)C)[C@H](C(=O)c2ccccn2)[C@]12C(=O)Nc1ccccc12. The molecule has 1 aromatic heterocycles. The number of carbonyl (C=O) groups is 3. The first-order chi connectivity index (χ1) is 17.7. The number of amides is 1. The van der Waals surface area contributed by atoms with Crippen LogP contribution in [-0.2, 0) is 15.0 Å². The topological polar surface area (TPSA) is 79.4 Å². The van der Waals surface area contributed by atoms with Gasteiger partial charge >= 0.3 is 0 Å². The minimum absolute atomic E-state index is 0.0809. The smallest absolute Gasteiger partial charge is 0.238 e. The number of rotatable bonds is 3. The van der Waals surface area contributed by atoms with E-state index < -0.39 is 28.8 Å². The van der Waals surface area contributed by atoms with E-state index in [1.54, 1.807) is 24.4 Å². The molecule has 3 aromatic rings. The standard InChI is InChI=1S/C31H29N3O3/c1-18-12-14-23-19(17-18)13-15-24-31(20-9-5-6-10-21(20)33-29(31)37)25(27(35)22-11-7-8-16-32-22)26(34(23)24)28(36)30(2,3)4/h5-17,24-26H,1-4H3,(H,33,37)/t24-,25+,26-,31+/m0/s1. The molecule has 0 bridgehead atoms. The third kappa shape index (κ3) is 3.18. The second-order valence-corrected chi connectivity index (χ2v) is 11.3. The summed E-state index contributed by atoms with van der Waals surface area (Å²) in [4.78, 5) is 49.4. The fraction of sp³-hybridized carbons (Fsp3) is 0.290. The molecule has 3 aliphatic heterocycles. The van der Waals surface area contributed by atoms with Gasteiger partial charge in [0.2, 0.25) is 5.91 Å². The fourth-order valence-electron chi connectivity index (χ4n) is 6.41. The van der Waals surface area contributed by atoms with Crippen molar-refractivity contribution in [1.29, 1.82) is 0 Å². The Hall–Kier alpha value is -4.06. The Kier molecular flexibility index (Phi) is 5.03. The highest BCUT2D eigenvalue weighted by molar-refractivity contribution is 6.16. The van der Waals surface area contributed by atoms with Gasteiger partial charge in [0.05, 0.1) is 12.0 Å². The van der Waals surface area contributed by atoms with Crippen LogP contribution in [0, 0.1) is 18.3 Å². The lowest BCUT2D eigenvalue weighted by atomic mass is 9.63. The van der Waals surface area contributed by atoms with E-state index in [-0.39, 0.29) is 23.2 Å². The Morgan fingerprint density at radius 1 is 1.03 bits per heavy atom. The van der Waals surface area contributed by atoms with E-state index in [1.165, 1.54) is 0 Å². The number of nitrogens with one attached hydrogen (secondary N) is 1. The van der Waals surface area contributed by atoms with E-state index in [4.69, 9.17) is 0 Å². The summed E-state index contributed by atoms with van der Waals surface area (Å²) < 4.78 is 0. The Labute approximate surface area is 216 Å². The predicted octanol–water partition coefficient (Wildman–Crippen LogP) is 4.98. The van der Waals surface area contributed by atoms with Crippen molar-refractivity contribution < 1.29 is 14.4 Å². The van der Waals surface area contributed by atoms with Crippen LogP contribution in [0.4, 0.5) is 11.4 Å². The molecule has 37 heavy (non-hydrogen) atoms. The molecular formula is C31H29N3O3. The maximum absolute atomic E-state index is 14.5. The lowest BCUT2D eigenvalue weighted by Gasteiger charge is -2.38.